The maximum absolute atomic E-state index is 13.7. The molecule has 0 radical (unpaired) electrons. The highest BCUT2D eigenvalue weighted by Gasteiger charge is 2.32. The Hall–Kier alpha value is -11.8. The third-order valence-corrected chi connectivity index (χ3v) is 19.2. The number of imidazole rings is 3. The summed E-state index contributed by atoms with van der Waals surface area (Å²) < 4.78 is 87.7. The van der Waals surface area contributed by atoms with E-state index in [2.05, 4.69) is 88.7 Å². The number of likely N-dealkylation sites (tertiary alicyclic amines) is 2. The topological polar surface area (TPSA) is 355 Å². The molecular formula is C81H88BF6IN18O10. The molecule has 117 heavy (non-hydrogen) atoms. The van der Waals surface area contributed by atoms with Crippen molar-refractivity contribution in [2.45, 2.75) is 97.8 Å². The van der Waals surface area contributed by atoms with Crippen molar-refractivity contribution in [2.75, 3.05) is 74.9 Å². The van der Waals surface area contributed by atoms with Crippen LogP contribution in [-0.4, -0.2) is 180 Å². The SMILES string of the molecule is CC(C)(C)OC(=O)N1CC[C@@H](CNc2ncc3[nH]c(=O)n(Cc4cccc(-c5cccc(F)c5)c4)c3n2)C1.CC(C)(C)OC(=O)N1CC[C@@H](CNc2ncc3[nH]c(=O)n(Cc4cccc(I)c4)c3n2)C1.O=CC(F)(F)F.O=c1[nH]c2cnc(NC[C@@H]3CCNC3)nc2n1Cc1cccc(-c2cccc(F)c2)c1.OB(O)c1cccc(F)c1. The molecule has 9 N–H and O–H groups in total. The van der Waals surface area contributed by atoms with Crippen LogP contribution >= 0.6 is 22.6 Å². The summed E-state index contributed by atoms with van der Waals surface area (Å²) in [5.41, 5.74) is 7.92. The van der Waals surface area contributed by atoms with Gasteiger partial charge in [-0.25, -0.2) is 52.1 Å². The fraction of sp³-hybridized carbons (Fsp3) is 0.333. The molecule has 6 aromatic carbocycles. The molecule has 28 nitrogen and oxygen atoms in total. The molecule has 0 unspecified atom stereocenters. The first-order chi connectivity index (χ1) is 55.7. The van der Waals surface area contributed by atoms with Crippen molar-refractivity contribution in [3.05, 3.63) is 233 Å². The van der Waals surface area contributed by atoms with E-state index in [4.69, 9.17) is 24.3 Å². The van der Waals surface area contributed by atoms with Crippen LogP contribution in [0.4, 0.5) is 53.8 Å². The van der Waals surface area contributed by atoms with Gasteiger partial charge in [0.2, 0.25) is 24.1 Å². The monoisotopic (exact) mass is 1720 g/mol. The number of carbonyl (C=O) groups is 3. The van der Waals surface area contributed by atoms with Gasteiger partial charge in [0.05, 0.1) is 38.2 Å². The van der Waals surface area contributed by atoms with E-state index in [1.807, 2.05) is 126 Å². The summed E-state index contributed by atoms with van der Waals surface area (Å²) in [6, 6.07) is 41.5. The van der Waals surface area contributed by atoms with Crippen molar-refractivity contribution in [3.63, 3.8) is 0 Å². The third kappa shape index (κ3) is 25.1. The summed E-state index contributed by atoms with van der Waals surface area (Å²) >= 11 is 2.26. The van der Waals surface area contributed by atoms with E-state index in [-0.39, 0.29) is 58.2 Å². The average Bonchev–Trinajstić information content (AvgIpc) is 1.66. The third-order valence-electron chi connectivity index (χ3n) is 18.6. The van der Waals surface area contributed by atoms with Crippen molar-refractivity contribution < 1.29 is 60.2 Å². The Kier molecular flexibility index (Phi) is 28.5. The van der Waals surface area contributed by atoms with E-state index in [0.717, 1.165) is 87.5 Å². The number of H-pyrrole nitrogens is 3. The van der Waals surface area contributed by atoms with Crippen LogP contribution in [-0.2, 0) is 33.9 Å². The van der Waals surface area contributed by atoms with Crippen molar-refractivity contribution in [3.8, 4) is 22.3 Å². The number of fused-ring (bicyclic) bond motifs is 3. The molecule has 0 spiro atoms. The van der Waals surface area contributed by atoms with Crippen LogP contribution in [0.25, 0.3) is 55.7 Å². The lowest BCUT2D eigenvalue weighted by molar-refractivity contribution is -0.156. The Morgan fingerprint density at radius 1 is 0.521 bits per heavy atom. The maximum atomic E-state index is 13.7. The number of halogens is 7. The molecule has 3 atom stereocenters. The zero-order valence-electron chi connectivity index (χ0n) is 64.8. The summed E-state index contributed by atoms with van der Waals surface area (Å²) in [4.78, 5) is 110. The van der Waals surface area contributed by atoms with Crippen molar-refractivity contribution in [1.82, 2.24) is 73.7 Å². The highest BCUT2D eigenvalue weighted by atomic mass is 127. The molecule has 12 aromatic rings. The lowest BCUT2D eigenvalue weighted by Gasteiger charge is -2.24. The molecule has 0 bridgehead atoms. The first-order valence-corrected chi connectivity index (χ1v) is 38.7. The van der Waals surface area contributed by atoms with Gasteiger partial charge in [0.25, 0.3) is 0 Å². The van der Waals surface area contributed by atoms with E-state index in [1.54, 1.807) is 54.2 Å². The van der Waals surface area contributed by atoms with Gasteiger partial charge in [-0.1, -0.05) is 84.9 Å². The second-order valence-corrected chi connectivity index (χ2v) is 31.4. The van der Waals surface area contributed by atoms with Gasteiger partial charge in [-0.15, -0.1) is 0 Å². The molecule has 3 aliphatic heterocycles. The molecule has 0 saturated carbocycles. The van der Waals surface area contributed by atoms with E-state index in [1.165, 1.54) is 42.5 Å². The van der Waals surface area contributed by atoms with Crippen LogP contribution in [0.1, 0.15) is 77.5 Å². The molecule has 3 aliphatic rings. The smallest absolute Gasteiger partial charge is 0.444 e. The Morgan fingerprint density at radius 2 is 0.880 bits per heavy atom. The molecule has 15 rings (SSSR count). The number of hydrogen-bond donors (Lipinski definition) is 9. The van der Waals surface area contributed by atoms with Crippen molar-refractivity contribution in [1.29, 1.82) is 0 Å². The molecule has 0 aliphatic carbocycles. The van der Waals surface area contributed by atoms with Gasteiger partial charge in [0.15, 0.2) is 16.9 Å². The van der Waals surface area contributed by atoms with Gasteiger partial charge >= 0.3 is 42.6 Å². The first-order valence-electron chi connectivity index (χ1n) is 37.6. The van der Waals surface area contributed by atoms with E-state index in [0.29, 0.717) is 116 Å². The zero-order valence-corrected chi connectivity index (χ0v) is 67.0. The Bertz CT molecular complexity index is 5630. The van der Waals surface area contributed by atoms with Crippen LogP contribution in [0.3, 0.4) is 0 Å². The summed E-state index contributed by atoms with van der Waals surface area (Å²) in [5, 5.41) is 30.2. The lowest BCUT2D eigenvalue weighted by atomic mass is 9.80. The highest BCUT2D eigenvalue weighted by molar-refractivity contribution is 14.1. The van der Waals surface area contributed by atoms with Crippen LogP contribution in [0, 0.1) is 38.8 Å². The number of nitrogens with zero attached hydrogens (tertiary/aromatic N) is 11. The zero-order chi connectivity index (χ0) is 83.7. The summed E-state index contributed by atoms with van der Waals surface area (Å²) in [6.45, 7) is 18.9. The highest BCUT2D eigenvalue weighted by Crippen LogP contribution is 2.27. The Balaban J connectivity index is 0.000000158. The Labute approximate surface area is 681 Å². The number of amides is 2. The lowest BCUT2D eigenvalue weighted by Crippen LogP contribution is -2.35. The number of carbonyl (C=O) groups excluding carboxylic acids is 3. The predicted octanol–water partition coefficient (Wildman–Crippen LogP) is 11.3. The minimum absolute atomic E-state index is 0.167. The van der Waals surface area contributed by atoms with Gasteiger partial charge in [-0.05, 0) is 219 Å². The number of ether oxygens (including phenoxy) is 2. The fourth-order valence-corrected chi connectivity index (χ4v) is 13.6. The molecule has 3 fully saturated rings. The number of benzene rings is 6. The van der Waals surface area contributed by atoms with Crippen LogP contribution in [0.2, 0.25) is 0 Å². The van der Waals surface area contributed by atoms with Gasteiger partial charge < -0.3 is 65.5 Å². The number of aromatic amines is 3. The number of rotatable bonds is 18. The molecule has 9 heterocycles. The number of anilines is 3. The van der Waals surface area contributed by atoms with Crippen LogP contribution < -0.4 is 43.8 Å². The van der Waals surface area contributed by atoms with Gasteiger partial charge in [0, 0.05) is 49.4 Å². The second kappa shape index (κ2) is 38.8. The van der Waals surface area contributed by atoms with Crippen LogP contribution in [0.15, 0.2) is 179 Å². The fourth-order valence-electron chi connectivity index (χ4n) is 13.0. The summed E-state index contributed by atoms with van der Waals surface area (Å²) in [5.74, 6) is 1.42. The van der Waals surface area contributed by atoms with E-state index >= 15 is 0 Å². The Morgan fingerprint density at radius 3 is 1.22 bits per heavy atom. The van der Waals surface area contributed by atoms with Crippen LogP contribution in [0.5, 0.6) is 0 Å². The second-order valence-electron chi connectivity index (χ2n) is 30.1. The average molecular weight is 1730 g/mol. The molecular weight excluding hydrogens is 1640 g/mol. The number of hydrogen-bond acceptors (Lipinski definition) is 20. The van der Waals surface area contributed by atoms with Gasteiger partial charge in [-0.2, -0.15) is 28.1 Å². The predicted molar refractivity (Wildman–Crippen MR) is 441 cm³/mol. The molecule has 36 heteroatoms. The quantitative estimate of drug-likeness (QED) is 0.0167. The maximum Gasteiger partial charge on any atom is 0.488 e. The molecule has 6 aromatic heterocycles. The standard InChI is InChI=1S/C28H31FN6O3.C23H23FN6O.C22H27IN6O3.C6H6BFO2.C2HF3O/c1-28(2,3)38-27(37)34-11-10-19(16-34)14-30-25-31-15-23-24(33-25)35(26(36)32-23)17-18-6-4-7-20(12-18)21-8-5-9-22(29)13-21;24-19-6-2-5-18(10-19)17-4-1-3-15(9-17)14-30-21-20(28-23(30)31)13-27-22(29-21)26-12-16-7-8-25-11-16;1-22(2,3)32-21(31)28-8-7-15(12-28)10-24-19-25-11-17-18(27-19)29(20(30)26-17)13-14-5-4-6-16(23)9-14;8-6-3-1-2-5(4-6)7(9)10;3-2(4,5)1-6/h4-9,12-13,15,19H,10-11,14,16-17H2,1-3H3,(H,32,36)(H,30,31,33);1-6,9-10,13,16,25H,7-8,11-12,14H2,(H,28,31)(H,26,27,29);4-6,9,11,15H,7-8,10,12-13H2,1-3H3,(H,26,30)(H,24,25,27);1-4,9-10H;1H/t19-;16-;15-;;/m010../s1. The summed E-state index contributed by atoms with van der Waals surface area (Å²) in [7, 11) is -1.59. The van der Waals surface area contributed by atoms with E-state index < -0.39 is 36.6 Å². The van der Waals surface area contributed by atoms with Gasteiger partial charge in [0.1, 0.15) is 45.2 Å². The summed E-state index contributed by atoms with van der Waals surface area (Å²) in [6.07, 6.45) is 1.45. The first kappa shape index (κ1) is 86.1. The van der Waals surface area contributed by atoms with Crippen molar-refractivity contribution in [2.24, 2.45) is 17.8 Å². The van der Waals surface area contributed by atoms with Crippen molar-refractivity contribution >= 4 is 105 Å². The number of aldehydes is 1. The number of aromatic nitrogens is 12. The number of alkyl halides is 3. The minimum atomic E-state index is -4.64. The molecule has 3 saturated heterocycles. The molecule has 614 valence electrons. The molecule has 2 amide bonds. The van der Waals surface area contributed by atoms with E-state index in [9.17, 15) is 50.3 Å². The number of nitrogens with one attached hydrogen (secondary N) is 7. The van der Waals surface area contributed by atoms with Gasteiger partial charge in [-0.3, -0.25) is 18.5 Å². The largest absolute Gasteiger partial charge is 0.488 e. The minimum Gasteiger partial charge on any atom is -0.444 e. The normalized spacial score (nSPS) is 15.3.